The summed E-state index contributed by atoms with van der Waals surface area (Å²) in [5, 5.41) is 22.4. The molecule has 1 heterocycles. The number of nitrogens with zero attached hydrogens (tertiary/aromatic N) is 1. The quantitative estimate of drug-likeness (QED) is 0.639. The summed E-state index contributed by atoms with van der Waals surface area (Å²) in [6, 6.07) is 5.91. The molecule has 0 aliphatic carbocycles. The number of nitrogens with one attached hydrogen (secondary N) is 1. The Hall–Kier alpha value is -2.35. The van der Waals surface area contributed by atoms with Gasteiger partial charge < -0.3 is 14.8 Å². The van der Waals surface area contributed by atoms with E-state index in [4.69, 9.17) is 9.52 Å². The van der Waals surface area contributed by atoms with Crippen LogP contribution in [-0.4, -0.2) is 16.0 Å². The molecule has 7 nitrogen and oxygen atoms in total. The predicted molar refractivity (Wildman–Crippen MR) is 73.8 cm³/mol. The van der Waals surface area contributed by atoms with Crippen molar-refractivity contribution in [3.05, 3.63) is 56.4 Å². The Balaban J connectivity index is 2.05. The second kappa shape index (κ2) is 5.74. The number of nitro benzene ring substituents is 1. The number of hydrogen-bond acceptors (Lipinski definition) is 5. The minimum atomic E-state index is -1.06. The Labute approximate surface area is 121 Å². The van der Waals surface area contributed by atoms with E-state index in [1.54, 1.807) is 12.1 Å². The maximum absolute atomic E-state index is 10.7. The molecule has 8 heteroatoms. The van der Waals surface area contributed by atoms with Crippen LogP contribution >= 0.6 is 15.9 Å². The summed E-state index contributed by atoms with van der Waals surface area (Å²) >= 11 is 3.11. The standard InChI is InChI=1S/C12H9BrN2O5/c13-10-4-8(1-2-11(10)15(18)19)14-5-9-3-7(6-20-9)12(16)17/h1-4,6,14H,5H2,(H,16,17). The molecule has 20 heavy (non-hydrogen) atoms. The van der Waals surface area contributed by atoms with Gasteiger partial charge in [0.2, 0.25) is 0 Å². The molecule has 2 aromatic rings. The van der Waals surface area contributed by atoms with Crippen LogP contribution in [0.15, 0.2) is 39.4 Å². The molecule has 0 atom stereocenters. The Morgan fingerprint density at radius 3 is 2.75 bits per heavy atom. The highest BCUT2D eigenvalue weighted by atomic mass is 79.9. The average Bonchev–Trinajstić information content (AvgIpc) is 2.85. The van der Waals surface area contributed by atoms with Crippen molar-refractivity contribution in [3.63, 3.8) is 0 Å². The van der Waals surface area contributed by atoms with Gasteiger partial charge in [0.15, 0.2) is 0 Å². The molecule has 0 spiro atoms. The molecule has 1 aromatic heterocycles. The van der Waals surface area contributed by atoms with E-state index in [-0.39, 0.29) is 17.8 Å². The molecule has 0 radical (unpaired) electrons. The molecule has 0 amide bonds. The molecule has 2 N–H and O–H groups in total. The summed E-state index contributed by atoms with van der Waals surface area (Å²) in [7, 11) is 0. The van der Waals surface area contributed by atoms with Crippen molar-refractivity contribution in [2.75, 3.05) is 5.32 Å². The molecule has 0 unspecified atom stereocenters. The van der Waals surface area contributed by atoms with E-state index in [1.807, 2.05) is 0 Å². The lowest BCUT2D eigenvalue weighted by Gasteiger charge is -2.05. The van der Waals surface area contributed by atoms with Crippen LogP contribution < -0.4 is 5.32 Å². The van der Waals surface area contributed by atoms with Gasteiger partial charge in [-0.2, -0.15) is 0 Å². The summed E-state index contributed by atoms with van der Waals surface area (Å²) < 4.78 is 5.44. The Morgan fingerprint density at radius 2 is 2.20 bits per heavy atom. The van der Waals surface area contributed by atoms with Crippen LogP contribution in [0.2, 0.25) is 0 Å². The number of carbonyl (C=O) groups is 1. The van der Waals surface area contributed by atoms with E-state index in [2.05, 4.69) is 21.2 Å². The van der Waals surface area contributed by atoms with Crippen molar-refractivity contribution in [2.45, 2.75) is 6.54 Å². The Bertz CT molecular complexity index is 668. The van der Waals surface area contributed by atoms with Crippen LogP contribution in [0, 0.1) is 10.1 Å². The summed E-state index contributed by atoms with van der Waals surface area (Å²) in [6.07, 6.45) is 1.16. The zero-order chi connectivity index (χ0) is 14.7. The first-order chi connectivity index (χ1) is 9.47. The SMILES string of the molecule is O=C(O)c1coc(CNc2ccc([N+](=O)[O-])c(Br)c2)c1. The van der Waals surface area contributed by atoms with E-state index >= 15 is 0 Å². The Morgan fingerprint density at radius 1 is 1.45 bits per heavy atom. The molecule has 0 aliphatic heterocycles. The number of rotatable bonds is 5. The van der Waals surface area contributed by atoms with Crippen molar-refractivity contribution >= 4 is 33.3 Å². The summed E-state index contributed by atoms with van der Waals surface area (Å²) in [4.78, 5) is 20.9. The van der Waals surface area contributed by atoms with E-state index in [1.165, 1.54) is 12.1 Å². The molecule has 0 saturated carbocycles. The minimum Gasteiger partial charge on any atom is -0.478 e. The predicted octanol–water partition coefficient (Wildman–Crippen LogP) is 3.26. The fraction of sp³-hybridized carbons (Fsp3) is 0.0833. The van der Waals surface area contributed by atoms with Gasteiger partial charge in [0.05, 0.1) is 21.5 Å². The third-order valence-corrected chi connectivity index (χ3v) is 3.15. The maximum atomic E-state index is 10.7. The molecule has 0 saturated heterocycles. The lowest BCUT2D eigenvalue weighted by molar-refractivity contribution is -0.385. The third kappa shape index (κ3) is 3.15. The fourth-order valence-electron chi connectivity index (χ4n) is 1.54. The number of carboxylic acids is 1. The van der Waals surface area contributed by atoms with Crippen molar-refractivity contribution < 1.29 is 19.2 Å². The molecular weight excluding hydrogens is 332 g/mol. The number of nitro groups is 1. The molecular formula is C12H9BrN2O5. The molecule has 1 aromatic carbocycles. The number of anilines is 1. The first kappa shape index (κ1) is 14.1. The number of furan rings is 1. The number of benzene rings is 1. The van der Waals surface area contributed by atoms with Crippen LogP contribution in [0.3, 0.4) is 0 Å². The highest BCUT2D eigenvalue weighted by Gasteiger charge is 2.12. The van der Waals surface area contributed by atoms with Crippen molar-refractivity contribution in [1.82, 2.24) is 0 Å². The zero-order valence-corrected chi connectivity index (χ0v) is 11.6. The van der Waals surface area contributed by atoms with Crippen molar-refractivity contribution in [3.8, 4) is 0 Å². The third-order valence-electron chi connectivity index (χ3n) is 2.51. The first-order valence-electron chi connectivity index (χ1n) is 5.46. The minimum absolute atomic E-state index is 0.0262. The van der Waals surface area contributed by atoms with E-state index in [0.29, 0.717) is 15.9 Å². The molecule has 0 fully saturated rings. The van der Waals surface area contributed by atoms with Gasteiger partial charge in [0.25, 0.3) is 5.69 Å². The lowest BCUT2D eigenvalue weighted by atomic mass is 10.2. The number of aromatic carboxylic acids is 1. The monoisotopic (exact) mass is 340 g/mol. The van der Waals surface area contributed by atoms with Crippen LogP contribution in [0.4, 0.5) is 11.4 Å². The molecule has 0 bridgehead atoms. The topological polar surface area (TPSA) is 106 Å². The van der Waals surface area contributed by atoms with Crippen molar-refractivity contribution in [1.29, 1.82) is 0 Å². The number of carboxylic acid groups (broad SMARTS) is 1. The largest absolute Gasteiger partial charge is 0.478 e. The van der Waals surface area contributed by atoms with Gasteiger partial charge in [-0.1, -0.05) is 0 Å². The van der Waals surface area contributed by atoms with Crippen molar-refractivity contribution in [2.24, 2.45) is 0 Å². The summed E-state index contributed by atoms with van der Waals surface area (Å²) in [5.74, 6) is -0.602. The van der Waals surface area contributed by atoms with Crippen LogP contribution in [0.25, 0.3) is 0 Å². The van der Waals surface area contributed by atoms with Crippen LogP contribution in [0.5, 0.6) is 0 Å². The molecule has 2 rings (SSSR count). The summed E-state index contributed by atoms with van der Waals surface area (Å²) in [6.45, 7) is 0.275. The number of halogens is 1. The highest BCUT2D eigenvalue weighted by molar-refractivity contribution is 9.10. The van der Waals surface area contributed by atoms with Gasteiger partial charge in [-0.05, 0) is 34.1 Å². The summed E-state index contributed by atoms with van der Waals surface area (Å²) in [5.41, 5.74) is 0.698. The van der Waals surface area contributed by atoms with Gasteiger partial charge >= 0.3 is 5.97 Å². The van der Waals surface area contributed by atoms with E-state index in [9.17, 15) is 14.9 Å². The van der Waals surface area contributed by atoms with E-state index in [0.717, 1.165) is 6.26 Å². The fourth-order valence-corrected chi connectivity index (χ4v) is 2.06. The van der Waals surface area contributed by atoms with Crippen LogP contribution in [-0.2, 0) is 6.54 Å². The number of hydrogen-bond donors (Lipinski definition) is 2. The molecule has 104 valence electrons. The maximum Gasteiger partial charge on any atom is 0.338 e. The van der Waals surface area contributed by atoms with Gasteiger partial charge in [-0.3, -0.25) is 10.1 Å². The molecule has 0 aliphatic rings. The second-order valence-electron chi connectivity index (χ2n) is 3.88. The first-order valence-corrected chi connectivity index (χ1v) is 6.25. The zero-order valence-electron chi connectivity index (χ0n) is 10.00. The normalized spacial score (nSPS) is 10.2. The van der Waals surface area contributed by atoms with E-state index < -0.39 is 10.9 Å². The average molecular weight is 341 g/mol. The highest BCUT2D eigenvalue weighted by Crippen LogP contribution is 2.27. The smallest absolute Gasteiger partial charge is 0.338 e. The van der Waals surface area contributed by atoms with Gasteiger partial charge in [-0.25, -0.2) is 4.79 Å². The van der Waals surface area contributed by atoms with Gasteiger partial charge in [0.1, 0.15) is 12.0 Å². The Kier molecular flexibility index (Phi) is 4.04. The van der Waals surface area contributed by atoms with Crippen LogP contribution in [0.1, 0.15) is 16.1 Å². The second-order valence-corrected chi connectivity index (χ2v) is 4.74. The van der Waals surface area contributed by atoms with Gasteiger partial charge in [-0.15, -0.1) is 0 Å². The lowest BCUT2D eigenvalue weighted by Crippen LogP contribution is -1.99. The van der Waals surface area contributed by atoms with Gasteiger partial charge in [0, 0.05) is 11.8 Å².